The second-order valence-electron chi connectivity index (χ2n) is 5.65. The molecular weight excluding hydrogens is 287 g/mol. The standard InChI is InChI=1S/C16H21FN2O3/c1-11(20)18-14-6-3-7-19(10-14)16(22)9-15(21)12-4-2-5-13(17)8-12/h2,4-5,8,14-15,21H,3,6-7,9-10H2,1H3,(H,18,20). The highest BCUT2D eigenvalue weighted by atomic mass is 19.1. The first-order valence-electron chi connectivity index (χ1n) is 7.44. The summed E-state index contributed by atoms with van der Waals surface area (Å²) in [5.41, 5.74) is 0.392. The van der Waals surface area contributed by atoms with E-state index in [0.717, 1.165) is 12.8 Å². The van der Waals surface area contributed by atoms with Crippen molar-refractivity contribution in [2.24, 2.45) is 0 Å². The molecule has 1 aromatic rings. The number of carbonyl (C=O) groups is 2. The molecule has 2 N–H and O–H groups in total. The number of aliphatic hydroxyl groups is 1. The number of likely N-dealkylation sites (tertiary alicyclic amines) is 1. The van der Waals surface area contributed by atoms with Crippen molar-refractivity contribution >= 4 is 11.8 Å². The molecule has 1 aromatic carbocycles. The van der Waals surface area contributed by atoms with Gasteiger partial charge in [-0.05, 0) is 30.5 Å². The molecule has 2 atom stereocenters. The van der Waals surface area contributed by atoms with Gasteiger partial charge in [-0.3, -0.25) is 9.59 Å². The minimum absolute atomic E-state index is 0.0403. The number of aliphatic hydroxyl groups excluding tert-OH is 1. The van der Waals surface area contributed by atoms with Crippen molar-refractivity contribution in [3.63, 3.8) is 0 Å². The van der Waals surface area contributed by atoms with Crippen molar-refractivity contribution < 1.29 is 19.1 Å². The Kier molecular flexibility index (Phi) is 5.49. The Balaban J connectivity index is 1.92. The lowest BCUT2D eigenvalue weighted by molar-refractivity contribution is -0.135. The van der Waals surface area contributed by atoms with E-state index >= 15 is 0 Å². The Morgan fingerprint density at radius 2 is 2.27 bits per heavy atom. The zero-order valence-electron chi connectivity index (χ0n) is 12.6. The van der Waals surface area contributed by atoms with Crippen molar-refractivity contribution in [3.05, 3.63) is 35.6 Å². The molecular formula is C16H21FN2O3. The number of rotatable bonds is 4. The smallest absolute Gasteiger partial charge is 0.225 e. The van der Waals surface area contributed by atoms with Crippen molar-refractivity contribution in [3.8, 4) is 0 Å². The van der Waals surface area contributed by atoms with Crippen LogP contribution in [0.5, 0.6) is 0 Å². The van der Waals surface area contributed by atoms with Gasteiger partial charge in [0.2, 0.25) is 11.8 Å². The summed E-state index contributed by atoms with van der Waals surface area (Å²) >= 11 is 0. The number of halogens is 1. The van der Waals surface area contributed by atoms with E-state index in [1.54, 1.807) is 11.0 Å². The number of nitrogens with one attached hydrogen (secondary N) is 1. The third-order valence-electron chi connectivity index (χ3n) is 3.78. The van der Waals surface area contributed by atoms with Crippen LogP contribution in [0.1, 0.15) is 37.9 Å². The summed E-state index contributed by atoms with van der Waals surface area (Å²) in [4.78, 5) is 25.0. The number of benzene rings is 1. The van der Waals surface area contributed by atoms with Crippen LogP contribution in [-0.4, -0.2) is 41.0 Å². The van der Waals surface area contributed by atoms with Crippen LogP contribution in [-0.2, 0) is 9.59 Å². The lowest BCUT2D eigenvalue weighted by atomic mass is 10.0. The molecule has 0 aliphatic carbocycles. The predicted molar refractivity (Wildman–Crippen MR) is 79.4 cm³/mol. The largest absolute Gasteiger partial charge is 0.388 e. The maximum atomic E-state index is 13.1. The minimum atomic E-state index is -1.02. The molecule has 5 nitrogen and oxygen atoms in total. The Morgan fingerprint density at radius 1 is 1.50 bits per heavy atom. The minimum Gasteiger partial charge on any atom is -0.388 e. The Labute approximate surface area is 129 Å². The maximum absolute atomic E-state index is 13.1. The first kappa shape index (κ1) is 16.4. The molecule has 2 rings (SSSR count). The van der Waals surface area contributed by atoms with Gasteiger partial charge in [0.15, 0.2) is 0 Å². The number of piperidine rings is 1. The van der Waals surface area contributed by atoms with Crippen LogP contribution >= 0.6 is 0 Å². The van der Waals surface area contributed by atoms with Crippen LogP contribution in [0.2, 0.25) is 0 Å². The van der Waals surface area contributed by atoms with Crippen molar-refractivity contribution in [1.29, 1.82) is 0 Å². The van der Waals surface area contributed by atoms with E-state index in [1.165, 1.54) is 25.1 Å². The van der Waals surface area contributed by atoms with Crippen LogP contribution in [0.4, 0.5) is 4.39 Å². The second-order valence-corrected chi connectivity index (χ2v) is 5.65. The molecule has 6 heteroatoms. The summed E-state index contributed by atoms with van der Waals surface area (Å²) < 4.78 is 13.1. The molecule has 1 heterocycles. The second kappa shape index (κ2) is 7.35. The Morgan fingerprint density at radius 3 is 2.95 bits per heavy atom. The number of amides is 2. The van der Waals surface area contributed by atoms with Gasteiger partial charge < -0.3 is 15.3 Å². The number of carbonyl (C=O) groups excluding carboxylic acids is 2. The Hall–Kier alpha value is -1.95. The van der Waals surface area contributed by atoms with Gasteiger partial charge in [-0.1, -0.05) is 12.1 Å². The van der Waals surface area contributed by atoms with E-state index in [9.17, 15) is 19.1 Å². The fraction of sp³-hybridized carbons (Fsp3) is 0.500. The van der Waals surface area contributed by atoms with Crippen LogP contribution in [0.15, 0.2) is 24.3 Å². The van der Waals surface area contributed by atoms with Gasteiger partial charge in [-0.15, -0.1) is 0 Å². The van der Waals surface area contributed by atoms with Gasteiger partial charge >= 0.3 is 0 Å². The van der Waals surface area contributed by atoms with Gasteiger partial charge in [0.1, 0.15) is 5.82 Å². The van der Waals surface area contributed by atoms with E-state index in [2.05, 4.69) is 5.32 Å². The molecule has 2 unspecified atom stereocenters. The SMILES string of the molecule is CC(=O)NC1CCCN(C(=O)CC(O)c2cccc(F)c2)C1. The van der Waals surface area contributed by atoms with Crippen LogP contribution < -0.4 is 5.32 Å². The van der Waals surface area contributed by atoms with Crippen LogP contribution in [0, 0.1) is 5.82 Å². The third kappa shape index (κ3) is 4.53. The molecule has 0 aromatic heterocycles. The van der Waals surface area contributed by atoms with Gasteiger partial charge in [-0.2, -0.15) is 0 Å². The monoisotopic (exact) mass is 308 g/mol. The highest BCUT2D eigenvalue weighted by Crippen LogP contribution is 2.20. The number of hydrogen-bond acceptors (Lipinski definition) is 3. The van der Waals surface area contributed by atoms with E-state index in [0.29, 0.717) is 18.7 Å². The molecule has 1 saturated heterocycles. The summed E-state index contributed by atoms with van der Waals surface area (Å²) in [5, 5.41) is 12.9. The van der Waals surface area contributed by atoms with E-state index in [4.69, 9.17) is 0 Å². The molecule has 0 radical (unpaired) electrons. The zero-order valence-corrected chi connectivity index (χ0v) is 12.6. The molecule has 0 spiro atoms. The molecule has 0 saturated carbocycles. The quantitative estimate of drug-likeness (QED) is 0.883. The molecule has 1 fully saturated rings. The number of nitrogens with zero attached hydrogens (tertiary/aromatic N) is 1. The van der Waals surface area contributed by atoms with E-state index in [1.807, 2.05) is 0 Å². The molecule has 1 aliphatic heterocycles. The fourth-order valence-electron chi connectivity index (χ4n) is 2.74. The lowest BCUT2D eigenvalue weighted by Crippen LogP contribution is -2.49. The molecule has 2 amide bonds. The Bertz CT molecular complexity index is 550. The van der Waals surface area contributed by atoms with Gasteiger partial charge in [-0.25, -0.2) is 4.39 Å². The molecule has 22 heavy (non-hydrogen) atoms. The van der Waals surface area contributed by atoms with E-state index in [-0.39, 0.29) is 24.3 Å². The summed E-state index contributed by atoms with van der Waals surface area (Å²) in [7, 11) is 0. The van der Waals surface area contributed by atoms with Gasteiger partial charge in [0.05, 0.1) is 12.5 Å². The summed E-state index contributed by atoms with van der Waals surface area (Å²) in [6, 6.07) is 5.58. The predicted octanol–water partition coefficient (Wildman–Crippen LogP) is 1.38. The summed E-state index contributed by atoms with van der Waals surface area (Å²) in [6.07, 6.45) is 0.544. The highest BCUT2D eigenvalue weighted by molar-refractivity contribution is 5.77. The van der Waals surface area contributed by atoms with Crippen LogP contribution in [0.3, 0.4) is 0 Å². The average molecular weight is 308 g/mol. The van der Waals surface area contributed by atoms with Crippen molar-refractivity contribution in [2.45, 2.75) is 38.3 Å². The number of hydrogen-bond donors (Lipinski definition) is 2. The van der Waals surface area contributed by atoms with Crippen molar-refractivity contribution in [2.75, 3.05) is 13.1 Å². The lowest BCUT2D eigenvalue weighted by Gasteiger charge is -2.33. The van der Waals surface area contributed by atoms with E-state index < -0.39 is 11.9 Å². The van der Waals surface area contributed by atoms with Gasteiger partial charge in [0.25, 0.3) is 0 Å². The summed E-state index contributed by atoms with van der Waals surface area (Å²) in [5.74, 6) is -0.737. The molecule has 1 aliphatic rings. The highest BCUT2D eigenvalue weighted by Gasteiger charge is 2.25. The average Bonchev–Trinajstić information content (AvgIpc) is 2.46. The fourth-order valence-corrected chi connectivity index (χ4v) is 2.74. The first-order valence-corrected chi connectivity index (χ1v) is 7.44. The zero-order chi connectivity index (χ0) is 16.1. The third-order valence-corrected chi connectivity index (χ3v) is 3.78. The van der Waals surface area contributed by atoms with Crippen molar-refractivity contribution in [1.82, 2.24) is 10.2 Å². The topological polar surface area (TPSA) is 69.6 Å². The molecule has 0 bridgehead atoms. The maximum Gasteiger partial charge on any atom is 0.225 e. The molecule has 120 valence electrons. The summed E-state index contributed by atoms with van der Waals surface area (Å²) in [6.45, 7) is 2.52. The van der Waals surface area contributed by atoms with Crippen LogP contribution in [0.25, 0.3) is 0 Å². The first-order chi connectivity index (χ1) is 10.5. The normalized spacial score (nSPS) is 19.6. The van der Waals surface area contributed by atoms with Gasteiger partial charge in [0, 0.05) is 26.1 Å².